The number of nitrogens with zero attached hydrogens (tertiary/aromatic N) is 2. The smallest absolute Gasteiger partial charge is 0.122 e. The largest absolute Gasteiger partial charge is 0.507 e. The van der Waals surface area contributed by atoms with Gasteiger partial charge in [0.05, 0.1) is 0 Å². The van der Waals surface area contributed by atoms with Gasteiger partial charge in [-0.1, -0.05) is 41.5 Å². The van der Waals surface area contributed by atoms with Crippen LogP contribution in [0.2, 0.25) is 0 Å². The Balaban J connectivity index is 1.80. The fraction of sp³-hybridized carbons (Fsp3) is 0.355. The lowest BCUT2D eigenvalue weighted by Gasteiger charge is -2.25. The highest BCUT2D eigenvalue weighted by atomic mass is 16.3. The maximum atomic E-state index is 11.3. The second-order valence-electron chi connectivity index (χ2n) is 11.7. The van der Waals surface area contributed by atoms with Crippen molar-refractivity contribution in [2.24, 2.45) is 0 Å². The third-order valence-electron chi connectivity index (χ3n) is 6.56. The summed E-state index contributed by atoms with van der Waals surface area (Å²) in [4.78, 5) is 0. The van der Waals surface area contributed by atoms with Gasteiger partial charge in [0.15, 0.2) is 0 Å². The number of phenolic OH excluding ortho intramolecular Hbond substituents is 2. The molecule has 0 aliphatic rings. The van der Waals surface area contributed by atoms with Crippen LogP contribution >= 0.6 is 0 Å². The molecular formula is C31H38N2O2. The molecule has 4 rings (SSSR count). The molecule has 4 heteroatoms. The van der Waals surface area contributed by atoms with Crippen molar-refractivity contribution in [3.05, 3.63) is 107 Å². The predicted molar refractivity (Wildman–Crippen MR) is 143 cm³/mol. The summed E-state index contributed by atoms with van der Waals surface area (Å²) in [5.74, 6) is 0.641. The molecule has 0 fully saturated rings. The van der Waals surface area contributed by atoms with E-state index in [9.17, 15) is 10.2 Å². The molecule has 0 spiro atoms. The first-order chi connectivity index (χ1) is 16.4. The van der Waals surface area contributed by atoms with Crippen LogP contribution in [-0.2, 0) is 30.3 Å². The van der Waals surface area contributed by atoms with Crippen molar-refractivity contribution in [1.82, 2.24) is 9.13 Å². The third kappa shape index (κ3) is 5.64. The van der Waals surface area contributed by atoms with Crippen molar-refractivity contribution >= 4 is 0 Å². The highest BCUT2D eigenvalue weighted by molar-refractivity contribution is 5.53. The van der Waals surface area contributed by atoms with Gasteiger partial charge in [0.1, 0.15) is 11.5 Å². The van der Waals surface area contributed by atoms with E-state index in [1.807, 2.05) is 24.3 Å². The molecule has 0 atom stereocenters. The van der Waals surface area contributed by atoms with Crippen LogP contribution < -0.4 is 0 Å². The zero-order valence-electron chi connectivity index (χ0n) is 21.8. The van der Waals surface area contributed by atoms with Gasteiger partial charge < -0.3 is 19.3 Å². The fourth-order valence-electron chi connectivity index (χ4n) is 4.69. The van der Waals surface area contributed by atoms with Crippen molar-refractivity contribution in [3.63, 3.8) is 0 Å². The van der Waals surface area contributed by atoms with Gasteiger partial charge in [-0.3, -0.25) is 0 Å². The normalized spacial score (nSPS) is 12.3. The Morgan fingerprint density at radius 3 is 1.23 bits per heavy atom. The molecule has 35 heavy (non-hydrogen) atoms. The van der Waals surface area contributed by atoms with Gasteiger partial charge in [0, 0.05) is 44.3 Å². The van der Waals surface area contributed by atoms with E-state index in [1.165, 1.54) is 0 Å². The van der Waals surface area contributed by atoms with Crippen LogP contribution in [0.5, 0.6) is 11.5 Å². The molecule has 2 heterocycles. The minimum atomic E-state index is -0.208. The summed E-state index contributed by atoms with van der Waals surface area (Å²) < 4.78 is 4.27. The minimum absolute atomic E-state index is 0.208. The Morgan fingerprint density at radius 1 is 0.571 bits per heavy atom. The summed E-state index contributed by atoms with van der Waals surface area (Å²) in [5.41, 5.74) is 5.39. The molecule has 0 saturated heterocycles. The molecule has 184 valence electrons. The first-order valence-electron chi connectivity index (χ1n) is 12.3. The molecule has 0 aliphatic carbocycles. The van der Waals surface area contributed by atoms with E-state index in [1.54, 1.807) is 0 Å². The van der Waals surface area contributed by atoms with Gasteiger partial charge in [0.25, 0.3) is 0 Å². The Bertz CT molecular complexity index is 1180. The van der Waals surface area contributed by atoms with Gasteiger partial charge in [-0.2, -0.15) is 0 Å². The molecular weight excluding hydrogens is 432 g/mol. The van der Waals surface area contributed by atoms with Crippen LogP contribution in [0.3, 0.4) is 0 Å². The lowest BCUT2D eigenvalue weighted by molar-refractivity contribution is 0.435. The SMILES string of the molecule is CC(C)(C)c1cc(Cn2cccc2)cc(Cc2cc(Cn3cccc3)cc(C(C)(C)C)c2O)c1O. The molecule has 2 aromatic heterocycles. The quantitative estimate of drug-likeness (QED) is 0.319. The molecule has 4 aromatic rings. The number of benzene rings is 2. The second-order valence-corrected chi connectivity index (χ2v) is 11.7. The summed E-state index contributed by atoms with van der Waals surface area (Å²) in [5, 5.41) is 22.7. The zero-order valence-corrected chi connectivity index (χ0v) is 21.8. The molecule has 2 aromatic carbocycles. The van der Waals surface area contributed by atoms with Gasteiger partial charge in [0.2, 0.25) is 0 Å². The fourth-order valence-corrected chi connectivity index (χ4v) is 4.69. The standard InChI is InChI=1S/C31H38N2O2/c1-30(2,3)26-17-22(20-32-11-7-8-12-32)15-24(28(26)34)19-25-16-23(21-33-13-9-10-14-33)18-27(29(25)35)31(4,5)6/h7-18,34-35H,19-21H2,1-6H3. The first kappa shape index (κ1) is 24.7. The average Bonchev–Trinajstić information content (AvgIpc) is 3.45. The Hall–Kier alpha value is -3.40. The Labute approximate surface area is 209 Å². The molecule has 0 radical (unpaired) electrons. The van der Waals surface area contributed by atoms with Crippen molar-refractivity contribution in [1.29, 1.82) is 0 Å². The monoisotopic (exact) mass is 470 g/mol. The van der Waals surface area contributed by atoms with Crippen LogP contribution in [0.1, 0.15) is 74.9 Å². The maximum absolute atomic E-state index is 11.3. The van der Waals surface area contributed by atoms with E-state index in [0.29, 0.717) is 17.9 Å². The lowest BCUT2D eigenvalue weighted by Crippen LogP contribution is -2.15. The van der Waals surface area contributed by atoms with E-state index >= 15 is 0 Å². The van der Waals surface area contributed by atoms with E-state index < -0.39 is 0 Å². The van der Waals surface area contributed by atoms with E-state index in [0.717, 1.165) is 46.5 Å². The zero-order chi connectivity index (χ0) is 25.4. The van der Waals surface area contributed by atoms with Crippen LogP contribution in [-0.4, -0.2) is 19.3 Å². The highest BCUT2D eigenvalue weighted by Gasteiger charge is 2.25. The molecule has 0 saturated carbocycles. The van der Waals surface area contributed by atoms with Crippen LogP contribution in [0.25, 0.3) is 0 Å². The molecule has 0 bridgehead atoms. The summed E-state index contributed by atoms with van der Waals surface area (Å²) in [7, 11) is 0. The number of aromatic hydroxyl groups is 2. The van der Waals surface area contributed by atoms with E-state index in [-0.39, 0.29) is 10.8 Å². The molecule has 2 N–H and O–H groups in total. The summed E-state index contributed by atoms with van der Waals surface area (Å²) in [6, 6.07) is 16.5. The number of phenols is 2. The molecule has 0 amide bonds. The third-order valence-corrected chi connectivity index (χ3v) is 6.56. The highest BCUT2D eigenvalue weighted by Crippen LogP contribution is 2.39. The molecule has 4 nitrogen and oxygen atoms in total. The van der Waals surface area contributed by atoms with Crippen LogP contribution in [0.15, 0.2) is 73.3 Å². The summed E-state index contributed by atoms with van der Waals surface area (Å²) in [6.45, 7) is 14.2. The van der Waals surface area contributed by atoms with Crippen molar-refractivity contribution < 1.29 is 10.2 Å². The van der Waals surface area contributed by atoms with Gasteiger partial charge in [-0.15, -0.1) is 0 Å². The lowest BCUT2D eigenvalue weighted by atomic mass is 9.81. The molecule has 0 unspecified atom stereocenters. The van der Waals surface area contributed by atoms with Crippen LogP contribution in [0.4, 0.5) is 0 Å². The number of hydrogen-bond donors (Lipinski definition) is 2. The van der Waals surface area contributed by atoms with Gasteiger partial charge in [-0.25, -0.2) is 0 Å². The van der Waals surface area contributed by atoms with Crippen molar-refractivity contribution in [2.45, 2.75) is 71.9 Å². The van der Waals surface area contributed by atoms with E-state index in [4.69, 9.17) is 0 Å². The molecule has 0 aliphatic heterocycles. The first-order valence-corrected chi connectivity index (χ1v) is 12.3. The number of rotatable bonds is 6. The predicted octanol–water partition coefficient (Wildman–Crippen LogP) is 6.98. The average molecular weight is 471 g/mol. The minimum Gasteiger partial charge on any atom is -0.507 e. The van der Waals surface area contributed by atoms with Gasteiger partial charge >= 0.3 is 0 Å². The topological polar surface area (TPSA) is 50.3 Å². The number of aromatic nitrogens is 2. The van der Waals surface area contributed by atoms with Crippen molar-refractivity contribution in [2.75, 3.05) is 0 Å². The van der Waals surface area contributed by atoms with E-state index in [2.05, 4.69) is 99.7 Å². The number of hydrogen-bond acceptors (Lipinski definition) is 2. The Morgan fingerprint density at radius 2 is 0.914 bits per heavy atom. The summed E-state index contributed by atoms with van der Waals surface area (Å²) >= 11 is 0. The Kier molecular flexibility index (Phi) is 6.59. The second kappa shape index (κ2) is 9.33. The van der Waals surface area contributed by atoms with Crippen LogP contribution in [0, 0.1) is 0 Å². The maximum Gasteiger partial charge on any atom is 0.122 e. The summed E-state index contributed by atoms with van der Waals surface area (Å²) in [6.07, 6.45) is 8.67. The van der Waals surface area contributed by atoms with Gasteiger partial charge in [-0.05, 0) is 92.7 Å². The van der Waals surface area contributed by atoms with Crippen molar-refractivity contribution in [3.8, 4) is 11.5 Å².